The molecule has 65 heavy (non-hydrogen) atoms. The lowest BCUT2D eigenvalue weighted by Gasteiger charge is -2.34. The molecule has 0 spiro atoms. The summed E-state index contributed by atoms with van der Waals surface area (Å²) in [5.74, 6) is 0. The van der Waals surface area contributed by atoms with Gasteiger partial charge in [-0.3, -0.25) is 0 Å². The minimum atomic E-state index is -0.559. The number of benzene rings is 10. The quantitative estimate of drug-likeness (QED) is 0.147. The van der Waals surface area contributed by atoms with Gasteiger partial charge >= 0.3 is 0 Å². The SMILES string of the molecule is CC1(C)c2ccccc2-c2ccc(N(c3ccc(-c4ccccc4)cc3)c3ccccc3-c3ccc4c(c3)C(c3ccccc3)(c3cccc(-c5ccccc5)c3)c3ccccc3-4)cc21. The maximum Gasteiger partial charge on any atom is 0.0713 e. The van der Waals surface area contributed by atoms with Crippen molar-refractivity contribution in [1.29, 1.82) is 0 Å². The Balaban J connectivity index is 1.07. The molecule has 0 aromatic heterocycles. The molecule has 0 bridgehead atoms. The molecule has 0 amide bonds. The van der Waals surface area contributed by atoms with Gasteiger partial charge in [0, 0.05) is 22.4 Å². The molecular formula is C64H47N. The van der Waals surface area contributed by atoms with E-state index in [0.29, 0.717) is 0 Å². The normalized spacial score (nSPS) is 15.1. The second kappa shape index (κ2) is 15.4. The highest BCUT2D eigenvalue weighted by atomic mass is 15.1. The number of para-hydroxylation sites is 1. The van der Waals surface area contributed by atoms with Crippen LogP contribution in [0.15, 0.2) is 249 Å². The fourth-order valence-electron chi connectivity index (χ4n) is 11.1. The number of nitrogens with zero attached hydrogens (tertiary/aromatic N) is 1. The van der Waals surface area contributed by atoms with E-state index < -0.39 is 5.41 Å². The van der Waals surface area contributed by atoms with Gasteiger partial charge in [-0.15, -0.1) is 0 Å². The monoisotopic (exact) mass is 829 g/mol. The third-order valence-electron chi connectivity index (χ3n) is 14.2. The minimum Gasteiger partial charge on any atom is -0.310 e. The largest absolute Gasteiger partial charge is 0.310 e. The highest BCUT2D eigenvalue weighted by Gasteiger charge is 2.46. The molecule has 1 heteroatoms. The highest BCUT2D eigenvalue weighted by Crippen LogP contribution is 2.58. The third kappa shape index (κ3) is 6.15. The summed E-state index contributed by atoms with van der Waals surface area (Å²) in [6.45, 7) is 4.73. The molecule has 0 N–H and O–H groups in total. The molecule has 1 atom stereocenters. The van der Waals surface area contributed by atoms with E-state index in [1.54, 1.807) is 0 Å². The maximum absolute atomic E-state index is 2.50. The molecule has 1 unspecified atom stereocenters. The Hall–Kier alpha value is -8.00. The van der Waals surface area contributed by atoms with E-state index >= 15 is 0 Å². The van der Waals surface area contributed by atoms with Crippen molar-refractivity contribution in [2.45, 2.75) is 24.7 Å². The number of anilines is 3. The van der Waals surface area contributed by atoms with Crippen molar-refractivity contribution in [2.24, 2.45) is 0 Å². The van der Waals surface area contributed by atoms with Crippen LogP contribution >= 0.6 is 0 Å². The summed E-state index contributed by atoms with van der Waals surface area (Å²) < 4.78 is 0. The molecule has 0 saturated carbocycles. The Morgan fingerprint density at radius 3 is 1.48 bits per heavy atom. The van der Waals surface area contributed by atoms with Gasteiger partial charge in [-0.2, -0.15) is 0 Å². The molecule has 1 nitrogen and oxygen atoms in total. The molecule has 2 aliphatic carbocycles. The Labute approximate surface area is 382 Å². The summed E-state index contributed by atoms with van der Waals surface area (Å²) in [6.07, 6.45) is 0. The van der Waals surface area contributed by atoms with Crippen LogP contribution in [0, 0.1) is 0 Å². The zero-order valence-electron chi connectivity index (χ0n) is 36.6. The second-order valence-electron chi connectivity index (χ2n) is 18.0. The van der Waals surface area contributed by atoms with E-state index in [4.69, 9.17) is 0 Å². The fraction of sp³-hybridized carbons (Fsp3) is 0.0625. The van der Waals surface area contributed by atoms with E-state index in [2.05, 4.69) is 267 Å². The molecule has 0 saturated heterocycles. The van der Waals surface area contributed by atoms with Crippen LogP contribution in [-0.4, -0.2) is 0 Å². The molecular weight excluding hydrogens is 783 g/mol. The van der Waals surface area contributed by atoms with Crippen molar-refractivity contribution in [3.8, 4) is 55.6 Å². The number of rotatable bonds is 8. The predicted molar refractivity (Wildman–Crippen MR) is 272 cm³/mol. The molecule has 0 fully saturated rings. The predicted octanol–water partition coefficient (Wildman–Crippen LogP) is 16.8. The second-order valence-corrected chi connectivity index (χ2v) is 18.0. The van der Waals surface area contributed by atoms with Crippen molar-refractivity contribution in [1.82, 2.24) is 0 Å². The Morgan fingerprint density at radius 2 is 0.754 bits per heavy atom. The summed E-state index contributed by atoms with van der Waals surface area (Å²) in [5.41, 5.74) is 22.8. The van der Waals surface area contributed by atoms with Crippen molar-refractivity contribution in [3.05, 3.63) is 282 Å². The molecule has 0 aliphatic heterocycles. The van der Waals surface area contributed by atoms with Gasteiger partial charge in [0.15, 0.2) is 0 Å². The average molecular weight is 830 g/mol. The van der Waals surface area contributed by atoms with Crippen LogP contribution in [0.4, 0.5) is 17.1 Å². The first kappa shape index (κ1) is 38.7. The lowest BCUT2D eigenvalue weighted by atomic mass is 9.67. The summed E-state index contributed by atoms with van der Waals surface area (Å²) >= 11 is 0. The maximum atomic E-state index is 2.50. The fourth-order valence-corrected chi connectivity index (χ4v) is 11.1. The first-order chi connectivity index (χ1) is 32.0. The van der Waals surface area contributed by atoms with E-state index in [0.717, 1.165) is 17.1 Å². The van der Waals surface area contributed by atoms with Crippen molar-refractivity contribution in [2.75, 3.05) is 4.90 Å². The highest BCUT2D eigenvalue weighted by molar-refractivity contribution is 5.94. The Morgan fingerprint density at radius 1 is 0.277 bits per heavy atom. The summed E-state index contributed by atoms with van der Waals surface area (Å²) in [7, 11) is 0. The third-order valence-corrected chi connectivity index (χ3v) is 14.2. The summed E-state index contributed by atoms with van der Waals surface area (Å²) in [6, 6.07) is 92.1. The van der Waals surface area contributed by atoms with Crippen LogP contribution in [0.1, 0.15) is 47.2 Å². The van der Waals surface area contributed by atoms with Gasteiger partial charge in [0.1, 0.15) is 0 Å². The van der Waals surface area contributed by atoms with Gasteiger partial charge < -0.3 is 4.90 Å². The van der Waals surface area contributed by atoms with Gasteiger partial charge in [-0.1, -0.05) is 220 Å². The smallest absolute Gasteiger partial charge is 0.0713 e. The number of hydrogen-bond acceptors (Lipinski definition) is 1. The number of hydrogen-bond donors (Lipinski definition) is 0. The van der Waals surface area contributed by atoms with Gasteiger partial charge in [0.05, 0.1) is 11.1 Å². The zero-order valence-corrected chi connectivity index (χ0v) is 36.6. The van der Waals surface area contributed by atoms with E-state index in [1.165, 1.54) is 89.0 Å². The van der Waals surface area contributed by atoms with Gasteiger partial charge in [-0.25, -0.2) is 0 Å². The van der Waals surface area contributed by atoms with Crippen LogP contribution in [-0.2, 0) is 10.8 Å². The standard InChI is InChI=1S/C64H47N/c1-63(2)58-30-15-12-28-54(58)56-40-38-52(43-60(56)63)65(51-36-33-46(34-37-51)44-19-6-3-7-20-44)62-32-17-14-27-53(62)48-35-39-57-55-29-13-16-31-59(55)64(61(57)42-48,49-24-10-5-11-25-49)50-26-18-23-47(41-50)45-21-8-4-9-22-45/h3-43H,1-2H3. The zero-order chi connectivity index (χ0) is 43.5. The molecule has 10 aromatic carbocycles. The minimum absolute atomic E-state index is 0.141. The molecule has 10 aromatic rings. The lowest BCUT2D eigenvalue weighted by Crippen LogP contribution is -2.28. The molecule has 2 aliphatic rings. The van der Waals surface area contributed by atoms with Crippen LogP contribution < -0.4 is 4.90 Å². The molecule has 0 radical (unpaired) electrons. The molecule has 308 valence electrons. The Bertz CT molecular complexity index is 3380. The van der Waals surface area contributed by atoms with Crippen LogP contribution in [0.3, 0.4) is 0 Å². The lowest BCUT2D eigenvalue weighted by molar-refractivity contribution is 0.660. The average Bonchev–Trinajstić information content (AvgIpc) is 3.80. The van der Waals surface area contributed by atoms with Gasteiger partial charge in [0.25, 0.3) is 0 Å². The van der Waals surface area contributed by atoms with E-state index in [1.807, 2.05) is 0 Å². The van der Waals surface area contributed by atoms with Crippen LogP contribution in [0.2, 0.25) is 0 Å². The van der Waals surface area contributed by atoms with Crippen molar-refractivity contribution < 1.29 is 0 Å². The van der Waals surface area contributed by atoms with Crippen LogP contribution in [0.5, 0.6) is 0 Å². The molecule has 12 rings (SSSR count). The topological polar surface area (TPSA) is 3.24 Å². The van der Waals surface area contributed by atoms with Gasteiger partial charge in [-0.05, 0) is 126 Å². The van der Waals surface area contributed by atoms with Gasteiger partial charge in [0.2, 0.25) is 0 Å². The van der Waals surface area contributed by atoms with Crippen molar-refractivity contribution in [3.63, 3.8) is 0 Å². The first-order valence-corrected chi connectivity index (χ1v) is 22.8. The van der Waals surface area contributed by atoms with E-state index in [9.17, 15) is 0 Å². The van der Waals surface area contributed by atoms with Crippen molar-refractivity contribution >= 4 is 17.1 Å². The van der Waals surface area contributed by atoms with Crippen LogP contribution in [0.25, 0.3) is 55.6 Å². The molecule has 0 heterocycles. The van der Waals surface area contributed by atoms with E-state index in [-0.39, 0.29) is 5.41 Å². The Kier molecular flexibility index (Phi) is 9.14. The summed E-state index contributed by atoms with van der Waals surface area (Å²) in [4.78, 5) is 2.47. The summed E-state index contributed by atoms with van der Waals surface area (Å²) in [5, 5.41) is 0. The first-order valence-electron chi connectivity index (χ1n) is 22.8. The number of fused-ring (bicyclic) bond motifs is 6.